The molecular formula is C21H22BrClN2O3S2. The van der Waals surface area contributed by atoms with E-state index < -0.39 is 0 Å². The van der Waals surface area contributed by atoms with Crippen molar-refractivity contribution < 1.29 is 14.3 Å². The van der Waals surface area contributed by atoms with E-state index in [-0.39, 0.29) is 9.99 Å². The highest BCUT2D eigenvalue weighted by Gasteiger charge is 2.32. The molecule has 0 aliphatic carbocycles. The van der Waals surface area contributed by atoms with E-state index in [2.05, 4.69) is 33.4 Å². The average molecular weight is 530 g/mol. The van der Waals surface area contributed by atoms with Gasteiger partial charge in [0.15, 0.2) is 11.5 Å². The van der Waals surface area contributed by atoms with Crippen molar-refractivity contribution in [1.82, 2.24) is 5.43 Å². The van der Waals surface area contributed by atoms with Crippen LogP contribution in [-0.4, -0.2) is 34.8 Å². The van der Waals surface area contributed by atoms with E-state index in [1.807, 2.05) is 59.9 Å². The van der Waals surface area contributed by atoms with Gasteiger partial charge in [-0.3, -0.25) is 4.79 Å². The number of thioether (sulfide) groups is 2. The number of hydrazone groups is 1. The van der Waals surface area contributed by atoms with Gasteiger partial charge in [0.25, 0.3) is 0 Å². The fourth-order valence-electron chi connectivity index (χ4n) is 2.86. The van der Waals surface area contributed by atoms with E-state index in [4.69, 9.17) is 21.1 Å². The summed E-state index contributed by atoms with van der Waals surface area (Å²) in [5.41, 5.74) is 4.38. The molecule has 3 rings (SSSR count). The summed E-state index contributed by atoms with van der Waals surface area (Å²) in [5.74, 6) is 3.23. The van der Waals surface area contributed by atoms with E-state index in [9.17, 15) is 4.79 Å². The van der Waals surface area contributed by atoms with Crippen LogP contribution in [-0.2, 0) is 11.4 Å². The molecule has 0 unspecified atom stereocenters. The third-order valence-corrected chi connectivity index (χ3v) is 8.46. The van der Waals surface area contributed by atoms with Gasteiger partial charge in [-0.1, -0.05) is 23.7 Å². The first kappa shape index (κ1) is 23.3. The first-order valence-corrected chi connectivity index (χ1v) is 12.4. The highest BCUT2D eigenvalue weighted by atomic mass is 79.9. The van der Waals surface area contributed by atoms with Crippen LogP contribution in [0.3, 0.4) is 0 Å². The number of ether oxygens (including phenoxy) is 2. The maximum atomic E-state index is 12.2. The minimum absolute atomic E-state index is 0.0606. The van der Waals surface area contributed by atoms with Gasteiger partial charge in [-0.15, -0.1) is 23.5 Å². The number of halogens is 2. The second-order valence-corrected chi connectivity index (χ2v) is 11.5. The lowest BCUT2D eigenvalue weighted by atomic mass is 10.2. The molecule has 0 saturated carbocycles. The molecule has 0 radical (unpaired) electrons. The summed E-state index contributed by atoms with van der Waals surface area (Å²) in [6.07, 6.45) is 2.02. The standard InChI is InChI=1S/C21H22BrClN2O3S2/c1-21(29-7-8-30-21)11-19(26)25-24-12-15-9-17(22)20(18(10-15)27-2)28-13-14-3-5-16(23)6-4-14/h3-6,9-10,12H,7-8,11,13H2,1-2H3,(H,25,26)/b24-12-. The monoisotopic (exact) mass is 528 g/mol. The normalized spacial score (nSPS) is 15.3. The largest absolute Gasteiger partial charge is 0.493 e. The summed E-state index contributed by atoms with van der Waals surface area (Å²) in [4.78, 5) is 12.2. The van der Waals surface area contributed by atoms with Crippen molar-refractivity contribution in [2.75, 3.05) is 18.6 Å². The van der Waals surface area contributed by atoms with Crippen molar-refractivity contribution in [2.24, 2.45) is 5.10 Å². The Kier molecular flexibility index (Phi) is 8.39. The first-order chi connectivity index (χ1) is 14.4. The highest BCUT2D eigenvalue weighted by molar-refractivity contribution is 9.10. The number of nitrogens with one attached hydrogen (secondary N) is 1. The lowest BCUT2D eigenvalue weighted by molar-refractivity contribution is -0.121. The zero-order chi connectivity index (χ0) is 21.6. The SMILES string of the molecule is COc1cc(/C=N\NC(=O)CC2(C)SCCS2)cc(Br)c1OCc1ccc(Cl)cc1. The fraction of sp³-hybridized carbons (Fsp3) is 0.333. The zero-order valence-corrected chi connectivity index (χ0v) is 20.6. The number of carbonyl (C=O) groups is 1. The van der Waals surface area contributed by atoms with Gasteiger partial charge < -0.3 is 9.47 Å². The van der Waals surface area contributed by atoms with Crippen LogP contribution in [0.5, 0.6) is 11.5 Å². The molecule has 1 aliphatic rings. The molecule has 30 heavy (non-hydrogen) atoms. The minimum atomic E-state index is -0.0930. The van der Waals surface area contributed by atoms with Crippen LogP contribution in [0.4, 0.5) is 0 Å². The number of nitrogens with zero attached hydrogens (tertiary/aromatic N) is 1. The lowest BCUT2D eigenvalue weighted by Crippen LogP contribution is -2.26. The molecule has 9 heteroatoms. The molecule has 2 aromatic carbocycles. The topological polar surface area (TPSA) is 59.9 Å². The van der Waals surface area contributed by atoms with Gasteiger partial charge in [0, 0.05) is 16.5 Å². The zero-order valence-electron chi connectivity index (χ0n) is 16.6. The highest BCUT2D eigenvalue weighted by Crippen LogP contribution is 2.45. The number of hydrogen-bond donors (Lipinski definition) is 1. The van der Waals surface area contributed by atoms with Crippen molar-refractivity contribution in [3.63, 3.8) is 0 Å². The Hall–Kier alpha value is -1.35. The molecule has 160 valence electrons. The van der Waals surface area contributed by atoms with Crippen molar-refractivity contribution in [3.05, 3.63) is 57.0 Å². The Balaban J connectivity index is 1.61. The molecule has 1 amide bonds. The molecule has 2 aromatic rings. The molecule has 1 fully saturated rings. The maximum Gasteiger partial charge on any atom is 0.242 e. The van der Waals surface area contributed by atoms with Crippen molar-refractivity contribution in [2.45, 2.75) is 24.0 Å². The third kappa shape index (κ3) is 6.57. The molecule has 0 spiro atoms. The van der Waals surface area contributed by atoms with E-state index in [0.717, 1.165) is 27.1 Å². The summed E-state index contributed by atoms with van der Waals surface area (Å²) >= 11 is 13.1. The number of benzene rings is 2. The molecule has 1 N–H and O–H groups in total. The summed E-state index contributed by atoms with van der Waals surface area (Å²) in [5, 5.41) is 4.77. The third-order valence-electron chi connectivity index (χ3n) is 4.33. The smallest absolute Gasteiger partial charge is 0.242 e. The van der Waals surface area contributed by atoms with Gasteiger partial charge >= 0.3 is 0 Å². The molecule has 1 aliphatic heterocycles. The van der Waals surface area contributed by atoms with Gasteiger partial charge in [0.1, 0.15) is 6.61 Å². The van der Waals surface area contributed by atoms with Gasteiger partial charge in [0.05, 0.1) is 28.3 Å². The average Bonchev–Trinajstić information content (AvgIpc) is 3.13. The van der Waals surface area contributed by atoms with Gasteiger partial charge in [-0.05, 0) is 58.2 Å². The van der Waals surface area contributed by atoms with Crippen molar-refractivity contribution in [1.29, 1.82) is 0 Å². The molecule has 0 aromatic heterocycles. The number of methoxy groups -OCH3 is 1. The van der Waals surface area contributed by atoms with Crippen LogP contribution in [0.2, 0.25) is 5.02 Å². The maximum absolute atomic E-state index is 12.2. The van der Waals surface area contributed by atoms with E-state index >= 15 is 0 Å². The van der Waals surface area contributed by atoms with Gasteiger partial charge in [0.2, 0.25) is 5.91 Å². The minimum Gasteiger partial charge on any atom is -0.493 e. The molecule has 1 saturated heterocycles. The number of rotatable bonds is 8. The Labute approximate surface area is 198 Å². The summed E-state index contributed by atoms with van der Waals surface area (Å²) in [6, 6.07) is 11.1. The Morgan fingerprint density at radius 2 is 2.00 bits per heavy atom. The van der Waals surface area contributed by atoms with Crippen LogP contribution in [0.1, 0.15) is 24.5 Å². The Morgan fingerprint density at radius 3 is 2.67 bits per heavy atom. The van der Waals surface area contributed by atoms with Crippen molar-refractivity contribution in [3.8, 4) is 11.5 Å². The lowest BCUT2D eigenvalue weighted by Gasteiger charge is -2.19. The molecular weight excluding hydrogens is 508 g/mol. The summed E-state index contributed by atoms with van der Waals surface area (Å²) in [7, 11) is 1.58. The van der Waals surface area contributed by atoms with Gasteiger partial charge in [-0.2, -0.15) is 5.10 Å². The number of hydrogen-bond acceptors (Lipinski definition) is 6. The van der Waals surface area contributed by atoms with Crippen LogP contribution < -0.4 is 14.9 Å². The number of amides is 1. The van der Waals surface area contributed by atoms with Crippen LogP contribution in [0, 0.1) is 0 Å². The molecule has 1 heterocycles. The molecule has 0 atom stereocenters. The quantitative estimate of drug-likeness (QED) is 0.350. The summed E-state index contributed by atoms with van der Waals surface area (Å²) < 4.78 is 12.1. The predicted octanol–water partition coefficient (Wildman–Crippen LogP) is 5.73. The van der Waals surface area contributed by atoms with E-state index in [1.165, 1.54) is 0 Å². The first-order valence-electron chi connectivity index (χ1n) is 9.23. The second-order valence-electron chi connectivity index (χ2n) is 6.75. The van der Waals surface area contributed by atoms with E-state index in [0.29, 0.717) is 29.5 Å². The fourth-order valence-corrected chi connectivity index (χ4v) is 6.39. The van der Waals surface area contributed by atoms with Gasteiger partial charge in [-0.25, -0.2) is 5.43 Å². The van der Waals surface area contributed by atoms with Crippen molar-refractivity contribution >= 4 is 63.2 Å². The second kappa shape index (κ2) is 10.8. The number of carbonyl (C=O) groups excluding carboxylic acids is 1. The van der Waals surface area contributed by atoms with Crippen LogP contribution >= 0.6 is 51.1 Å². The van der Waals surface area contributed by atoms with Crippen LogP contribution in [0.25, 0.3) is 0 Å². The predicted molar refractivity (Wildman–Crippen MR) is 130 cm³/mol. The summed E-state index contributed by atoms with van der Waals surface area (Å²) in [6.45, 7) is 2.48. The van der Waals surface area contributed by atoms with E-state index in [1.54, 1.807) is 13.3 Å². The van der Waals surface area contributed by atoms with Crippen LogP contribution in [0.15, 0.2) is 46.0 Å². The Bertz CT molecular complexity index is 919. The Morgan fingerprint density at radius 1 is 1.30 bits per heavy atom. The molecule has 5 nitrogen and oxygen atoms in total. The molecule has 0 bridgehead atoms.